The molecule has 12 heteroatoms. The second-order valence-electron chi connectivity index (χ2n) is 11.5. The number of carbonyl (C=O) groups excluding carboxylic acids is 1. The zero-order valence-corrected chi connectivity index (χ0v) is 26.6. The molecular weight excluding hydrogens is 594 g/mol. The first kappa shape index (κ1) is 32.0. The molecule has 0 radical (unpaired) electrons. The molecule has 0 bridgehead atoms. The Morgan fingerprint density at radius 3 is 2.47 bits per heavy atom. The van der Waals surface area contributed by atoms with E-state index in [0.717, 1.165) is 17.1 Å². The number of anilines is 1. The molecular formula is C33H39N5O6S. The molecule has 5 rings (SSSR count). The van der Waals surface area contributed by atoms with Crippen molar-refractivity contribution in [3.05, 3.63) is 96.4 Å². The monoisotopic (exact) mass is 633 g/mol. The lowest BCUT2D eigenvalue weighted by Gasteiger charge is -2.38. The molecule has 0 unspecified atom stereocenters. The molecule has 1 aliphatic rings. The fraction of sp³-hybridized carbons (Fsp3) is 0.333. The Kier molecular flexibility index (Phi) is 9.76. The van der Waals surface area contributed by atoms with Crippen LogP contribution in [0.1, 0.15) is 29.8 Å². The number of imidazole rings is 1. The molecule has 4 aromatic rings. The van der Waals surface area contributed by atoms with Crippen molar-refractivity contribution in [2.75, 3.05) is 31.5 Å². The van der Waals surface area contributed by atoms with E-state index in [1.54, 1.807) is 37.1 Å². The number of likely N-dealkylation sites (N-methyl/N-ethyl adjacent to an activating group) is 1. The summed E-state index contributed by atoms with van der Waals surface area (Å²) in [6.07, 6.45) is 2.37. The number of benzene rings is 3. The maximum atomic E-state index is 13.8. The van der Waals surface area contributed by atoms with Crippen molar-refractivity contribution >= 4 is 21.6 Å². The Hall–Kier alpha value is -4.39. The van der Waals surface area contributed by atoms with E-state index < -0.39 is 22.2 Å². The molecule has 45 heavy (non-hydrogen) atoms. The van der Waals surface area contributed by atoms with Gasteiger partial charge in [-0.3, -0.25) is 14.4 Å². The fourth-order valence-electron chi connectivity index (χ4n) is 5.24. The Balaban J connectivity index is 1.39. The summed E-state index contributed by atoms with van der Waals surface area (Å²) < 4.78 is 43.0. The second kappa shape index (κ2) is 13.7. The molecule has 0 fully saturated rings. The number of carbonyl (C=O) groups is 1. The van der Waals surface area contributed by atoms with E-state index in [0.29, 0.717) is 19.6 Å². The zero-order chi connectivity index (χ0) is 32.1. The molecule has 3 atom stereocenters. The number of aliphatic hydroxyl groups excluding tert-OH is 1. The summed E-state index contributed by atoms with van der Waals surface area (Å²) in [7, 11) is -0.401. The Bertz CT molecular complexity index is 1710. The van der Waals surface area contributed by atoms with Crippen LogP contribution < -0.4 is 14.2 Å². The Labute approximate surface area is 264 Å². The maximum absolute atomic E-state index is 13.8. The van der Waals surface area contributed by atoms with Crippen LogP contribution in [0.25, 0.3) is 0 Å². The molecule has 0 saturated heterocycles. The standard InChI is InChI=1S/C33H39N5O6S/c1-23-17-38(24(2)21-39)33(40)28-11-8-12-29(35-45(41,42)31-20-37(4)22-34-31)32(28)44-30(23)19-36(3)18-25-13-15-27(16-14-25)43-26-9-6-5-7-10-26/h5-16,20,22-24,30,35,39H,17-19,21H2,1-4H3/t23-,24+,30-/m1/s1. The fourth-order valence-corrected chi connectivity index (χ4v) is 6.28. The van der Waals surface area contributed by atoms with Gasteiger partial charge in [-0.1, -0.05) is 43.3 Å². The summed E-state index contributed by atoms with van der Waals surface area (Å²) in [6, 6.07) is 21.8. The lowest BCUT2D eigenvalue weighted by Crippen LogP contribution is -2.49. The van der Waals surface area contributed by atoms with Crippen LogP contribution in [0, 0.1) is 5.92 Å². The van der Waals surface area contributed by atoms with Crippen LogP contribution in [0.2, 0.25) is 0 Å². The van der Waals surface area contributed by atoms with Crippen molar-refractivity contribution in [1.82, 2.24) is 19.4 Å². The third-order valence-corrected chi connectivity index (χ3v) is 8.99. The highest BCUT2D eigenvalue weighted by molar-refractivity contribution is 7.92. The van der Waals surface area contributed by atoms with Gasteiger partial charge >= 0.3 is 0 Å². The summed E-state index contributed by atoms with van der Waals surface area (Å²) in [4.78, 5) is 21.5. The minimum Gasteiger partial charge on any atom is -0.486 e. The molecule has 1 amide bonds. The van der Waals surface area contributed by atoms with Crippen LogP contribution in [0.15, 0.2) is 90.3 Å². The number of rotatable bonds is 11. The number of aromatic nitrogens is 2. The van der Waals surface area contributed by atoms with Crippen molar-refractivity contribution in [2.24, 2.45) is 13.0 Å². The van der Waals surface area contributed by atoms with Crippen molar-refractivity contribution in [3.63, 3.8) is 0 Å². The van der Waals surface area contributed by atoms with E-state index in [-0.39, 0.29) is 40.5 Å². The number of nitrogens with zero attached hydrogens (tertiary/aromatic N) is 4. The molecule has 0 spiro atoms. The molecule has 11 nitrogen and oxygen atoms in total. The van der Waals surface area contributed by atoms with Crippen molar-refractivity contribution < 1.29 is 27.8 Å². The quantitative estimate of drug-likeness (QED) is 0.250. The van der Waals surface area contributed by atoms with E-state index in [4.69, 9.17) is 9.47 Å². The predicted molar refractivity (Wildman–Crippen MR) is 171 cm³/mol. The van der Waals surface area contributed by atoms with Crippen LogP contribution in [-0.2, 0) is 23.6 Å². The van der Waals surface area contributed by atoms with E-state index >= 15 is 0 Å². The smallest absolute Gasteiger partial charge is 0.281 e. The minimum atomic E-state index is -4.06. The molecule has 3 aromatic carbocycles. The molecule has 1 aromatic heterocycles. The zero-order valence-electron chi connectivity index (χ0n) is 25.8. The first-order chi connectivity index (χ1) is 21.5. The number of para-hydroxylation sites is 2. The number of nitrogens with one attached hydrogen (secondary N) is 1. The van der Waals surface area contributed by atoms with E-state index in [9.17, 15) is 18.3 Å². The number of amides is 1. The lowest BCUT2D eigenvalue weighted by atomic mass is 9.99. The number of aliphatic hydroxyl groups is 1. The van der Waals surface area contributed by atoms with Crippen LogP contribution in [-0.4, -0.2) is 77.7 Å². The van der Waals surface area contributed by atoms with Gasteiger partial charge in [0.25, 0.3) is 15.9 Å². The highest BCUT2D eigenvalue weighted by Gasteiger charge is 2.35. The molecule has 0 saturated carbocycles. The summed E-state index contributed by atoms with van der Waals surface area (Å²) >= 11 is 0. The average Bonchev–Trinajstić information content (AvgIpc) is 3.47. The summed E-state index contributed by atoms with van der Waals surface area (Å²) in [5, 5.41) is 9.82. The van der Waals surface area contributed by atoms with Crippen molar-refractivity contribution in [1.29, 1.82) is 0 Å². The number of hydrogen-bond acceptors (Lipinski definition) is 8. The van der Waals surface area contributed by atoms with Crippen LogP contribution in [0.3, 0.4) is 0 Å². The highest BCUT2D eigenvalue weighted by Crippen LogP contribution is 2.36. The third-order valence-electron chi connectivity index (χ3n) is 7.74. The number of hydrogen-bond donors (Lipinski definition) is 2. The van der Waals surface area contributed by atoms with E-state index in [2.05, 4.69) is 14.6 Å². The maximum Gasteiger partial charge on any atom is 0.281 e. The number of aryl methyl sites for hydroxylation is 1. The van der Waals surface area contributed by atoms with Gasteiger partial charge in [0, 0.05) is 38.8 Å². The molecule has 2 N–H and O–H groups in total. The van der Waals surface area contributed by atoms with Gasteiger partial charge in [0.1, 0.15) is 17.6 Å². The van der Waals surface area contributed by atoms with Gasteiger partial charge in [0.15, 0.2) is 10.8 Å². The van der Waals surface area contributed by atoms with Crippen molar-refractivity contribution in [2.45, 2.75) is 37.6 Å². The predicted octanol–water partition coefficient (Wildman–Crippen LogP) is 4.37. The van der Waals surface area contributed by atoms with E-state index in [1.807, 2.05) is 68.6 Å². The largest absolute Gasteiger partial charge is 0.486 e. The van der Waals surface area contributed by atoms with Gasteiger partial charge in [-0.15, -0.1) is 0 Å². The minimum absolute atomic E-state index is 0.138. The molecule has 1 aliphatic heterocycles. The second-order valence-corrected chi connectivity index (χ2v) is 13.2. The Morgan fingerprint density at radius 2 is 1.80 bits per heavy atom. The topological polar surface area (TPSA) is 126 Å². The first-order valence-corrected chi connectivity index (χ1v) is 16.2. The molecule has 238 valence electrons. The summed E-state index contributed by atoms with van der Waals surface area (Å²) in [6.45, 7) is 5.02. The average molecular weight is 634 g/mol. The van der Waals surface area contributed by atoms with Crippen LogP contribution in [0.5, 0.6) is 17.2 Å². The summed E-state index contributed by atoms with van der Waals surface area (Å²) in [5.74, 6) is 1.15. The summed E-state index contributed by atoms with van der Waals surface area (Å²) in [5.41, 5.74) is 1.43. The van der Waals surface area contributed by atoms with E-state index in [1.165, 1.54) is 17.1 Å². The van der Waals surface area contributed by atoms with Gasteiger partial charge in [0.05, 0.1) is 30.2 Å². The molecule has 2 heterocycles. The normalized spacial score (nSPS) is 17.6. The number of sulfonamides is 1. The van der Waals surface area contributed by atoms with Gasteiger partial charge < -0.3 is 24.0 Å². The number of fused-ring (bicyclic) bond motifs is 1. The van der Waals surface area contributed by atoms with Gasteiger partial charge in [-0.25, -0.2) is 4.98 Å². The van der Waals surface area contributed by atoms with Gasteiger partial charge in [-0.05, 0) is 55.9 Å². The van der Waals surface area contributed by atoms with Gasteiger partial charge in [-0.2, -0.15) is 8.42 Å². The lowest BCUT2D eigenvalue weighted by molar-refractivity contribution is 0.0344. The Morgan fingerprint density at radius 1 is 1.09 bits per heavy atom. The highest BCUT2D eigenvalue weighted by atomic mass is 32.2. The third kappa shape index (κ3) is 7.64. The van der Waals surface area contributed by atoms with Crippen molar-refractivity contribution in [3.8, 4) is 17.2 Å². The number of ether oxygens (including phenoxy) is 2. The molecule has 0 aliphatic carbocycles. The first-order valence-electron chi connectivity index (χ1n) is 14.8. The van der Waals surface area contributed by atoms with Crippen LogP contribution >= 0.6 is 0 Å². The SMILES string of the molecule is C[C@@H]1CN([C@@H](C)CO)C(=O)c2cccc(NS(=O)(=O)c3cn(C)cn3)c2O[C@@H]1CN(C)Cc1ccc(Oc2ccccc2)cc1. The van der Waals surface area contributed by atoms with Crippen LogP contribution in [0.4, 0.5) is 5.69 Å². The van der Waals surface area contributed by atoms with Gasteiger partial charge in [0.2, 0.25) is 0 Å².